The van der Waals surface area contributed by atoms with E-state index in [9.17, 15) is 8.42 Å². The Morgan fingerprint density at radius 2 is 1.94 bits per heavy atom. The maximum Gasteiger partial charge on any atom is 0.147 e. The van der Waals surface area contributed by atoms with Crippen molar-refractivity contribution in [1.82, 2.24) is 5.32 Å². The Balaban J connectivity index is 2.45. The van der Waals surface area contributed by atoms with Crippen LogP contribution in [0, 0.1) is 11.8 Å². The molecule has 0 aliphatic heterocycles. The number of nitrogens with one attached hydrogen (secondary N) is 1. The van der Waals surface area contributed by atoms with E-state index in [1.165, 1.54) is 31.9 Å². The van der Waals surface area contributed by atoms with Gasteiger partial charge in [-0.2, -0.15) is 0 Å². The molecule has 0 bridgehead atoms. The van der Waals surface area contributed by atoms with Crippen molar-refractivity contribution in [3.05, 3.63) is 0 Å². The number of hydrogen-bond donors (Lipinski definition) is 1. The van der Waals surface area contributed by atoms with Gasteiger partial charge in [-0.05, 0) is 50.5 Å². The third kappa shape index (κ3) is 5.70. The van der Waals surface area contributed by atoms with Crippen LogP contribution in [0.15, 0.2) is 0 Å². The van der Waals surface area contributed by atoms with Gasteiger partial charge in [0.05, 0.1) is 0 Å². The first kappa shape index (κ1) is 16.0. The van der Waals surface area contributed by atoms with E-state index >= 15 is 0 Å². The summed E-state index contributed by atoms with van der Waals surface area (Å²) in [7, 11) is -2.79. The van der Waals surface area contributed by atoms with Gasteiger partial charge in [0, 0.05) is 18.1 Å². The number of hydrogen-bond acceptors (Lipinski definition) is 3. The molecule has 108 valence electrons. The summed E-state index contributed by atoms with van der Waals surface area (Å²) < 4.78 is 22.4. The monoisotopic (exact) mass is 275 g/mol. The summed E-state index contributed by atoms with van der Waals surface area (Å²) in [5, 5.41) is 3.58. The molecule has 0 aromatic carbocycles. The highest BCUT2D eigenvalue weighted by Crippen LogP contribution is 2.34. The molecule has 1 fully saturated rings. The normalized spacial score (nSPS) is 29.4. The minimum Gasteiger partial charge on any atom is -0.314 e. The lowest BCUT2D eigenvalue weighted by Crippen LogP contribution is -2.40. The molecule has 1 saturated carbocycles. The van der Waals surface area contributed by atoms with Crippen molar-refractivity contribution in [1.29, 1.82) is 0 Å². The molecule has 0 aromatic heterocycles. The van der Waals surface area contributed by atoms with Crippen LogP contribution in [0.5, 0.6) is 0 Å². The highest BCUT2D eigenvalue weighted by molar-refractivity contribution is 7.90. The molecular weight excluding hydrogens is 246 g/mol. The lowest BCUT2D eigenvalue weighted by molar-refractivity contribution is 0.190. The van der Waals surface area contributed by atoms with Gasteiger partial charge in [-0.3, -0.25) is 0 Å². The lowest BCUT2D eigenvalue weighted by atomic mass is 9.75. The zero-order chi connectivity index (χ0) is 13.6. The van der Waals surface area contributed by atoms with Crippen LogP contribution in [0.3, 0.4) is 0 Å². The van der Waals surface area contributed by atoms with E-state index in [2.05, 4.69) is 19.2 Å². The Labute approximate surface area is 113 Å². The summed E-state index contributed by atoms with van der Waals surface area (Å²) in [4.78, 5) is 0. The van der Waals surface area contributed by atoms with Gasteiger partial charge < -0.3 is 5.32 Å². The smallest absolute Gasteiger partial charge is 0.147 e. The topological polar surface area (TPSA) is 46.2 Å². The van der Waals surface area contributed by atoms with Crippen LogP contribution >= 0.6 is 0 Å². The van der Waals surface area contributed by atoms with E-state index in [1.807, 2.05) is 0 Å². The average molecular weight is 275 g/mol. The fourth-order valence-electron chi connectivity index (χ4n) is 3.19. The lowest BCUT2D eigenvalue weighted by Gasteiger charge is -2.36. The van der Waals surface area contributed by atoms with E-state index in [1.54, 1.807) is 0 Å². The first-order chi connectivity index (χ1) is 8.46. The van der Waals surface area contributed by atoms with Crippen LogP contribution < -0.4 is 5.32 Å². The molecule has 1 rings (SSSR count). The second-order valence-corrected chi connectivity index (χ2v) is 8.04. The van der Waals surface area contributed by atoms with Gasteiger partial charge in [0.25, 0.3) is 0 Å². The first-order valence-corrected chi connectivity index (χ1v) is 9.43. The standard InChI is InChI=1S/C14H29NO2S/c1-4-12-8-9-14(15-5-2)13(11-12)7-6-10-18(3,16)17/h12-15H,4-11H2,1-3H3. The number of sulfone groups is 1. The Morgan fingerprint density at radius 1 is 1.22 bits per heavy atom. The van der Waals surface area contributed by atoms with Crippen LogP contribution in [0.1, 0.15) is 52.4 Å². The summed E-state index contributed by atoms with van der Waals surface area (Å²) in [5.41, 5.74) is 0. The largest absolute Gasteiger partial charge is 0.314 e. The molecular formula is C14H29NO2S. The van der Waals surface area contributed by atoms with Crippen LogP contribution in [0.25, 0.3) is 0 Å². The molecule has 4 heteroatoms. The van der Waals surface area contributed by atoms with E-state index < -0.39 is 9.84 Å². The first-order valence-electron chi connectivity index (χ1n) is 7.37. The maximum absolute atomic E-state index is 11.2. The van der Waals surface area contributed by atoms with Crippen molar-refractivity contribution in [3.8, 4) is 0 Å². The molecule has 1 N–H and O–H groups in total. The minimum atomic E-state index is -2.79. The van der Waals surface area contributed by atoms with Gasteiger partial charge >= 0.3 is 0 Å². The van der Waals surface area contributed by atoms with Crippen LogP contribution in [-0.2, 0) is 9.84 Å². The molecule has 3 unspecified atom stereocenters. The summed E-state index contributed by atoms with van der Waals surface area (Å²) in [5.74, 6) is 1.87. The van der Waals surface area contributed by atoms with Crippen molar-refractivity contribution in [3.63, 3.8) is 0 Å². The summed E-state index contributed by atoms with van der Waals surface area (Å²) in [6, 6.07) is 0.609. The van der Waals surface area contributed by atoms with Gasteiger partial charge in [-0.25, -0.2) is 8.42 Å². The van der Waals surface area contributed by atoms with Crippen LogP contribution in [-0.4, -0.2) is 33.0 Å². The Morgan fingerprint density at radius 3 is 2.50 bits per heavy atom. The summed E-state index contributed by atoms with van der Waals surface area (Å²) in [6.07, 6.45) is 8.35. The second-order valence-electron chi connectivity index (χ2n) is 5.78. The fourth-order valence-corrected chi connectivity index (χ4v) is 3.88. The third-order valence-electron chi connectivity index (χ3n) is 4.22. The quantitative estimate of drug-likeness (QED) is 0.777. The Bertz CT molecular complexity index is 327. The van der Waals surface area contributed by atoms with E-state index in [4.69, 9.17) is 0 Å². The molecule has 0 amide bonds. The molecule has 0 aromatic rings. The minimum absolute atomic E-state index is 0.346. The second kappa shape index (κ2) is 7.49. The molecule has 3 nitrogen and oxygen atoms in total. The highest BCUT2D eigenvalue weighted by Gasteiger charge is 2.28. The zero-order valence-corrected chi connectivity index (χ0v) is 12.9. The maximum atomic E-state index is 11.2. The highest BCUT2D eigenvalue weighted by atomic mass is 32.2. The van der Waals surface area contributed by atoms with Crippen molar-refractivity contribution in [2.75, 3.05) is 18.6 Å². The van der Waals surface area contributed by atoms with E-state index in [-0.39, 0.29) is 0 Å². The van der Waals surface area contributed by atoms with Gasteiger partial charge in [-0.1, -0.05) is 20.3 Å². The molecule has 0 saturated heterocycles. The molecule has 3 atom stereocenters. The van der Waals surface area contributed by atoms with Gasteiger partial charge in [0.2, 0.25) is 0 Å². The fraction of sp³-hybridized carbons (Fsp3) is 1.00. The molecule has 0 spiro atoms. The van der Waals surface area contributed by atoms with E-state index in [0.717, 1.165) is 25.3 Å². The van der Waals surface area contributed by atoms with Crippen molar-refractivity contribution < 1.29 is 8.42 Å². The molecule has 0 radical (unpaired) electrons. The van der Waals surface area contributed by atoms with Crippen molar-refractivity contribution in [2.24, 2.45) is 11.8 Å². The Kier molecular flexibility index (Phi) is 6.64. The molecule has 1 aliphatic carbocycles. The van der Waals surface area contributed by atoms with E-state index in [0.29, 0.717) is 17.7 Å². The molecule has 0 heterocycles. The van der Waals surface area contributed by atoms with Gasteiger partial charge in [0.15, 0.2) is 0 Å². The van der Waals surface area contributed by atoms with Crippen LogP contribution in [0.2, 0.25) is 0 Å². The summed E-state index contributed by atoms with van der Waals surface area (Å²) in [6.45, 7) is 5.44. The van der Waals surface area contributed by atoms with Gasteiger partial charge in [-0.15, -0.1) is 0 Å². The zero-order valence-electron chi connectivity index (χ0n) is 12.1. The Hall–Kier alpha value is -0.0900. The molecule has 1 aliphatic rings. The van der Waals surface area contributed by atoms with Crippen LogP contribution in [0.4, 0.5) is 0 Å². The summed E-state index contributed by atoms with van der Waals surface area (Å²) >= 11 is 0. The predicted octanol–water partition coefficient (Wildman–Crippen LogP) is 2.62. The number of rotatable bonds is 7. The average Bonchev–Trinajstić information content (AvgIpc) is 2.30. The van der Waals surface area contributed by atoms with Crippen molar-refractivity contribution in [2.45, 2.75) is 58.4 Å². The SMILES string of the molecule is CCNC1CCC(CC)CC1CCCS(C)(=O)=O. The van der Waals surface area contributed by atoms with Crippen molar-refractivity contribution >= 4 is 9.84 Å². The molecule has 18 heavy (non-hydrogen) atoms. The van der Waals surface area contributed by atoms with Gasteiger partial charge in [0.1, 0.15) is 9.84 Å². The third-order valence-corrected chi connectivity index (χ3v) is 5.26. The predicted molar refractivity (Wildman–Crippen MR) is 77.5 cm³/mol.